The summed E-state index contributed by atoms with van der Waals surface area (Å²) in [6.45, 7) is 0. The average molecular weight is 238 g/mol. The van der Waals surface area contributed by atoms with Crippen LogP contribution < -0.4 is 0 Å². The molecule has 1 aromatic heterocycles. The summed E-state index contributed by atoms with van der Waals surface area (Å²) in [5, 5.41) is 0. The van der Waals surface area contributed by atoms with E-state index in [-0.39, 0.29) is 26.4 Å². The van der Waals surface area contributed by atoms with Gasteiger partial charge in [0.1, 0.15) is 0 Å². The molecule has 0 N–H and O–H groups in total. The Bertz CT molecular complexity index is 191. The van der Waals surface area contributed by atoms with Crippen molar-refractivity contribution in [2.75, 3.05) is 7.11 Å². The molecule has 1 heterocycles. The number of carbonyl (C=O) groups is 1. The zero-order valence-corrected chi connectivity index (χ0v) is 7.29. The van der Waals surface area contributed by atoms with Crippen LogP contribution in [0.4, 0.5) is 0 Å². The van der Waals surface area contributed by atoms with Crippen molar-refractivity contribution < 1.29 is 9.53 Å². The first-order chi connectivity index (χ1) is 4.34. The van der Waals surface area contributed by atoms with Crippen LogP contribution in [0.15, 0.2) is 16.2 Å². The minimum atomic E-state index is -0.324. The average Bonchev–Trinajstić information content (AvgIpc) is 2.37. The Kier molecular flexibility index (Phi) is 2.32. The van der Waals surface area contributed by atoms with E-state index >= 15 is 0 Å². The number of hydrogen-bond acceptors (Lipinski definition) is 2. The van der Waals surface area contributed by atoms with E-state index in [2.05, 4.69) is 8.82 Å². The van der Waals surface area contributed by atoms with Crippen LogP contribution in [0.5, 0.6) is 0 Å². The summed E-state index contributed by atoms with van der Waals surface area (Å²) < 4.78 is 7.44. The Balaban J connectivity index is 2.77. The predicted octanol–water partition coefficient (Wildman–Crippen LogP) is 0.530. The number of methoxy groups -OCH3 is 1. The van der Waals surface area contributed by atoms with Crippen molar-refractivity contribution in [3.8, 4) is 0 Å². The van der Waals surface area contributed by atoms with Crippen LogP contribution in [0.25, 0.3) is 0 Å². The van der Waals surface area contributed by atoms with Gasteiger partial charge >= 0.3 is 62.8 Å². The summed E-state index contributed by atoms with van der Waals surface area (Å²) in [4.78, 5) is 10.7. The van der Waals surface area contributed by atoms with Gasteiger partial charge in [-0.15, -0.1) is 0 Å². The Hall–Kier alpha value is -0.260. The van der Waals surface area contributed by atoms with Gasteiger partial charge in [-0.25, -0.2) is 0 Å². The molecule has 0 aliphatic carbocycles. The van der Waals surface area contributed by atoms with Gasteiger partial charge in [0, 0.05) is 0 Å². The summed E-state index contributed by atoms with van der Waals surface area (Å²) in [6, 6.07) is 3.74. The van der Waals surface area contributed by atoms with Crippen molar-refractivity contribution in [3.63, 3.8) is 0 Å². The quantitative estimate of drug-likeness (QED) is 0.526. The van der Waals surface area contributed by atoms with Crippen molar-refractivity contribution in [2.24, 2.45) is 0 Å². The summed E-state index contributed by atoms with van der Waals surface area (Å²) >= 11 is -0.324. The molecule has 48 valence electrons. The molecular formula is C6H6O2Te. The standard InChI is InChI=1S/C6H6O2Te/c1-8-6(7)5-3-2-4-9-5/h2-4H,1H3. The molecule has 0 fully saturated rings. The topological polar surface area (TPSA) is 26.3 Å². The molecule has 0 atom stereocenters. The van der Waals surface area contributed by atoms with Crippen LogP contribution in [0.1, 0.15) is 8.37 Å². The van der Waals surface area contributed by atoms with Crippen LogP contribution in [0.2, 0.25) is 0 Å². The second-order valence-electron chi connectivity index (χ2n) is 1.47. The maximum absolute atomic E-state index is 10.7. The molecule has 0 radical (unpaired) electrons. The fourth-order valence-electron chi connectivity index (χ4n) is 0.495. The van der Waals surface area contributed by atoms with Crippen LogP contribution >= 0.6 is 0 Å². The molecular weight excluding hydrogens is 232 g/mol. The molecule has 0 aromatic carbocycles. The van der Waals surface area contributed by atoms with Crippen molar-refractivity contribution in [3.05, 3.63) is 19.8 Å². The molecule has 0 aliphatic rings. The molecule has 9 heavy (non-hydrogen) atoms. The molecule has 0 spiro atoms. The molecule has 0 aliphatic heterocycles. The fraction of sp³-hybridized carbons (Fsp3) is 0.167. The third-order valence-electron chi connectivity index (χ3n) is 0.908. The summed E-state index contributed by atoms with van der Waals surface area (Å²) in [6.07, 6.45) is 0. The number of rotatable bonds is 1. The van der Waals surface area contributed by atoms with E-state index in [1.54, 1.807) is 0 Å². The molecule has 1 aromatic rings. The molecule has 0 saturated carbocycles. The first-order valence-corrected chi connectivity index (χ1v) is 4.97. The van der Waals surface area contributed by atoms with Gasteiger partial charge in [-0.05, 0) is 0 Å². The molecule has 2 nitrogen and oxygen atoms in total. The van der Waals surface area contributed by atoms with Gasteiger partial charge in [-0.3, -0.25) is 0 Å². The van der Waals surface area contributed by atoms with E-state index in [4.69, 9.17) is 0 Å². The van der Waals surface area contributed by atoms with Crippen LogP contribution in [0, 0.1) is 0 Å². The molecule has 0 amide bonds. The molecule has 0 bridgehead atoms. The Labute approximate surface area is 63.1 Å². The zero-order chi connectivity index (χ0) is 6.69. The van der Waals surface area contributed by atoms with Crippen LogP contribution in [-0.4, -0.2) is 33.5 Å². The van der Waals surface area contributed by atoms with E-state index in [1.165, 1.54) is 7.11 Å². The van der Waals surface area contributed by atoms with Gasteiger partial charge in [0.25, 0.3) is 0 Å². The van der Waals surface area contributed by atoms with E-state index in [0.717, 1.165) is 3.58 Å². The molecule has 3 heteroatoms. The van der Waals surface area contributed by atoms with Gasteiger partial charge in [-0.2, -0.15) is 0 Å². The maximum atomic E-state index is 10.7. The van der Waals surface area contributed by atoms with Crippen LogP contribution in [0.3, 0.4) is 0 Å². The van der Waals surface area contributed by atoms with E-state index in [1.807, 2.05) is 12.1 Å². The van der Waals surface area contributed by atoms with Gasteiger partial charge in [0.05, 0.1) is 0 Å². The molecule has 1 rings (SSSR count). The van der Waals surface area contributed by atoms with Gasteiger partial charge in [-0.1, -0.05) is 0 Å². The third kappa shape index (κ3) is 1.57. The first-order valence-electron chi connectivity index (χ1n) is 2.46. The second kappa shape index (κ2) is 3.05. The summed E-state index contributed by atoms with van der Waals surface area (Å²) in [5.41, 5.74) is 0. The van der Waals surface area contributed by atoms with Gasteiger partial charge in [0.2, 0.25) is 0 Å². The zero-order valence-electron chi connectivity index (χ0n) is 4.96. The van der Waals surface area contributed by atoms with Crippen molar-refractivity contribution in [1.29, 1.82) is 0 Å². The van der Waals surface area contributed by atoms with Crippen molar-refractivity contribution in [1.82, 2.24) is 0 Å². The monoisotopic (exact) mass is 240 g/mol. The van der Waals surface area contributed by atoms with Crippen LogP contribution in [-0.2, 0) is 4.74 Å². The first kappa shape index (κ1) is 6.85. The second-order valence-corrected chi connectivity index (χ2v) is 4.17. The van der Waals surface area contributed by atoms with Crippen molar-refractivity contribution >= 4 is 26.4 Å². The van der Waals surface area contributed by atoms with Gasteiger partial charge < -0.3 is 0 Å². The molecule has 0 saturated heterocycles. The van der Waals surface area contributed by atoms with Crippen molar-refractivity contribution in [2.45, 2.75) is 0 Å². The van der Waals surface area contributed by atoms with E-state index in [9.17, 15) is 4.79 Å². The predicted molar refractivity (Wildman–Crippen MR) is 34.7 cm³/mol. The van der Waals surface area contributed by atoms with E-state index < -0.39 is 0 Å². The number of ether oxygens (including phenoxy) is 1. The summed E-state index contributed by atoms with van der Waals surface area (Å²) in [7, 11) is 1.41. The number of esters is 1. The normalized spacial score (nSPS) is 9.00. The Morgan fingerprint density at radius 1 is 1.78 bits per heavy atom. The third-order valence-corrected chi connectivity index (χ3v) is 3.33. The SMILES string of the molecule is COC(=O)c1ccc[te]1. The minimum absolute atomic E-state index is 0.164. The number of hydrogen-bond donors (Lipinski definition) is 0. The Morgan fingerprint density at radius 3 is 3.00 bits per heavy atom. The Morgan fingerprint density at radius 2 is 2.56 bits per heavy atom. The fourth-order valence-corrected chi connectivity index (χ4v) is 2.32. The summed E-state index contributed by atoms with van der Waals surface area (Å²) in [5.74, 6) is -0.164. The van der Waals surface area contributed by atoms with Gasteiger partial charge in [0.15, 0.2) is 0 Å². The number of carbonyl (C=O) groups excluding carboxylic acids is 1. The van der Waals surface area contributed by atoms with E-state index in [0.29, 0.717) is 0 Å². The molecule has 0 unspecified atom stereocenters.